The standard InChI is InChI=1S/C24H26N6O5/c1-16(25-12-13-31)17-4-6-18(7-5-17)26-28-21-14-24(35-3)22(15-23(21)34-2)29-27-19-8-10-20(11-9-19)30(32)33/h4-11,14-16,25,31H,12-13H2,1-3H3. The number of aliphatic hydroxyl groups is 1. The Hall–Kier alpha value is -4.22. The van der Waals surface area contributed by atoms with Crippen molar-refractivity contribution in [1.29, 1.82) is 0 Å². The summed E-state index contributed by atoms with van der Waals surface area (Å²) in [7, 11) is 3.01. The summed E-state index contributed by atoms with van der Waals surface area (Å²) >= 11 is 0. The minimum atomic E-state index is -0.479. The number of aliphatic hydroxyl groups excluding tert-OH is 1. The van der Waals surface area contributed by atoms with E-state index in [1.807, 2.05) is 31.2 Å². The van der Waals surface area contributed by atoms with Crippen LogP contribution in [0.15, 0.2) is 81.1 Å². The summed E-state index contributed by atoms with van der Waals surface area (Å²) in [6, 6.07) is 16.7. The molecule has 0 fully saturated rings. The van der Waals surface area contributed by atoms with Crippen molar-refractivity contribution in [1.82, 2.24) is 5.32 Å². The molecule has 0 spiro atoms. The molecule has 182 valence electrons. The van der Waals surface area contributed by atoms with Gasteiger partial charge in [-0.2, -0.15) is 10.2 Å². The monoisotopic (exact) mass is 478 g/mol. The predicted octanol–water partition coefficient (Wildman–Crippen LogP) is 6.09. The number of methoxy groups -OCH3 is 2. The van der Waals surface area contributed by atoms with Crippen molar-refractivity contribution in [3.05, 3.63) is 76.3 Å². The zero-order chi connectivity index (χ0) is 25.2. The van der Waals surface area contributed by atoms with E-state index < -0.39 is 4.92 Å². The number of nitro groups is 1. The van der Waals surface area contributed by atoms with Gasteiger partial charge >= 0.3 is 0 Å². The number of azo groups is 2. The Morgan fingerprint density at radius 3 is 1.80 bits per heavy atom. The van der Waals surface area contributed by atoms with Gasteiger partial charge in [-0.3, -0.25) is 10.1 Å². The summed E-state index contributed by atoms with van der Waals surface area (Å²) in [6.07, 6.45) is 0. The number of ether oxygens (including phenoxy) is 2. The van der Waals surface area contributed by atoms with Crippen LogP contribution in [-0.2, 0) is 0 Å². The largest absolute Gasteiger partial charge is 0.494 e. The number of nitrogens with one attached hydrogen (secondary N) is 1. The Kier molecular flexibility index (Phi) is 8.93. The lowest BCUT2D eigenvalue weighted by Gasteiger charge is -2.13. The summed E-state index contributed by atoms with van der Waals surface area (Å²) in [5.74, 6) is 0.829. The second kappa shape index (κ2) is 12.3. The molecule has 11 heteroatoms. The van der Waals surface area contributed by atoms with Crippen LogP contribution >= 0.6 is 0 Å². The molecular formula is C24H26N6O5. The maximum atomic E-state index is 10.8. The average Bonchev–Trinajstić information content (AvgIpc) is 2.89. The molecule has 11 nitrogen and oxygen atoms in total. The summed E-state index contributed by atoms with van der Waals surface area (Å²) in [6.45, 7) is 2.62. The van der Waals surface area contributed by atoms with Crippen molar-refractivity contribution in [2.75, 3.05) is 27.4 Å². The van der Waals surface area contributed by atoms with Gasteiger partial charge in [0, 0.05) is 36.9 Å². The molecule has 2 N–H and O–H groups in total. The average molecular weight is 479 g/mol. The van der Waals surface area contributed by atoms with Crippen LogP contribution < -0.4 is 14.8 Å². The molecule has 0 heterocycles. The highest BCUT2D eigenvalue weighted by Gasteiger charge is 2.12. The molecule has 0 aliphatic rings. The van der Waals surface area contributed by atoms with Gasteiger partial charge in [-0.15, -0.1) is 10.2 Å². The van der Waals surface area contributed by atoms with Gasteiger partial charge in [0.05, 0.1) is 37.1 Å². The van der Waals surface area contributed by atoms with Crippen LogP contribution in [0, 0.1) is 10.1 Å². The number of benzene rings is 3. The highest BCUT2D eigenvalue weighted by Crippen LogP contribution is 2.41. The highest BCUT2D eigenvalue weighted by atomic mass is 16.6. The topological polar surface area (TPSA) is 143 Å². The van der Waals surface area contributed by atoms with Gasteiger partial charge in [0.1, 0.15) is 22.9 Å². The van der Waals surface area contributed by atoms with E-state index in [9.17, 15) is 10.1 Å². The third kappa shape index (κ3) is 6.88. The molecule has 3 aromatic rings. The fraction of sp³-hybridized carbons (Fsp3) is 0.250. The number of hydrogen-bond acceptors (Lipinski definition) is 10. The molecule has 0 amide bonds. The summed E-state index contributed by atoms with van der Waals surface area (Å²) in [5, 5.41) is 39.9. The van der Waals surface area contributed by atoms with Gasteiger partial charge in [-0.05, 0) is 36.8 Å². The lowest BCUT2D eigenvalue weighted by Crippen LogP contribution is -2.21. The van der Waals surface area contributed by atoms with Crippen molar-refractivity contribution in [3.63, 3.8) is 0 Å². The van der Waals surface area contributed by atoms with Crippen LogP contribution in [-0.4, -0.2) is 37.4 Å². The van der Waals surface area contributed by atoms with E-state index in [-0.39, 0.29) is 18.3 Å². The van der Waals surface area contributed by atoms with Crippen LogP contribution in [0.3, 0.4) is 0 Å². The van der Waals surface area contributed by atoms with E-state index in [1.54, 1.807) is 12.1 Å². The number of non-ortho nitro benzene ring substituents is 1. The first-order valence-corrected chi connectivity index (χ1v) is 10.7. The molecule has 3 rings (SSSR count). The second-order valence-electron chi connectivity index (χ2n) is 7.36. The zero-order valence-corrected chi connectivity index (χ0v) is 19.6. The van der Waals surface area contributed by atoms with E-state index in [1.165, 1.54) is 38.5 Å². The fourth-order valence-corrected chi connectivity index (χ4v) is 3.11. The molecule has 0 aliphatic carbocycles. The molecule has 0 radical (unpaired) electrons. The quantitative estimate of drug-likeness (QED) is 0.194. The Labute approximate surface area is 202 Å². The Balaban J connectivity index is 1.79. The molecule has 0 aliphatic heterocycles. The van der Waals surface area contributed by atoms with Crippen molar-refractivity contribution in [3.8, 4) is 11.5 Å². The van der Waals surface area contributed by atoms with E-state index in [4.69, 9.17) is 14.6 Å². The summed E-state index contributed by atoms with van der Waals surface area (Å²) in [4.78, 5) is 10.3. The number of nitro benzene ring substituents is 1. The lowest BCUT2D eigenvalue weighted by atomic mass is 10.1. The first-order valence-electron chi connectivity index (χ1n) is 10.7. The predicted molar refractivity (Wildman–Crippen MR) is 131 cm³/mol. The van der Waals surface area contributed by atoms with E-state index in [0.29, 0.717) is 40.8 Å². The third-order valence-electron chi connectivity index (χ3n) is 5.04. The number of rotatable bonds is 11. The summed E-state index contributed by atoms with van der Waals surface area (Å²) < 4.78 is 10.9. The van der Waals surface area contributed by atoms with Gasteiger partial charge in [-0.25, -0.2) is 0 Å². The van der Waals surface area contributed by atoms with E-state index >= 15 is 0 Å². The second-order valence-corrected chi connectivity index (χ2v) is 7.36. The normalized spacial score (nSPS) is 12.2. The van der Waals surface area contributed by atoms with Gasteiger partial charge in [0.2, 0.25) is 0 Å². The van der Waals surface area contributed by atoms with Crippen molar-refractivity contribution >= 4 is 28.4 Å². The maximum Gasteiger partial charge on any atom is 0.269 e. The molecular weight excluding hydrogens is 452 g/mol. The first kappa shape index (κ1) is 25.4. The van der Waals surface area contributed by atoms with Gasteiger partial charge in [0.15, 0.2) is 0 Å². The van der Waals surface area contributed by atoms with Crippen molar-refractivity contribution in [2.45, 2.75) is 13.0 Å². The maximum absolute atomic E-state index is 10.8. The minimum Gasteiger partial charge on any atom is -0.494 e. The van der Waals surface area contributed by atoms with Crippen LogP contribution in [0.4, 0.5) is 28.4 Å². The Bertz CT molecular complexity index is 1200. The van der Waals surface area contributed by atoms with Crippen LogP contribution in [0.1, 0.15) is 18.5 Å². The third-order valence-corrected chi connectivity index (χ3v) is 5.04. The molecule has 1 atom stereocenters. The molecule has 3 aromatic carbocycles. The van der Waals surface area contributed by atoms with E-state index in [0.717, 1.165) is 5.56 Å². The highest BCUT2D eigenvalue weighted by molar-refractivity contribution is 5.66. The SMILES string of the molecule is COc1cc(N=Nc2ccc([N+](=O)[O-])cc2)c(OC)cc1N=Nc1ccc(C(C)NCCO)cc1. The first-order chi connectivity index (χ1) is 16.9. The van der Waals surface area contributed by atoms with E-state index in [2.05, 4.69) is 25.8 Å². The Morgan fingerprint density at radius 2 is 1.37 bits per heavy atom. The van der Waals surface area contributed by atoms with Crippen molar-refractivity contribution in [2.24, 2.45) is 20.5 Å². The Morgan fingerprint density at radius 1 is 0.886 bits per heavy atom. The van der Waals surface area contributed by atoms with Crippen LogP contribution in [0.25, 0.3) is 0 Å². The smallest absolute Gasteiger partial charge is 0.269 e. The van der Waals surface area contributed by atoms with Gasteiger partial charge in [-0.1, -0.05) is 12.1 Å². The molecule has 0 aromatic heterocycles. The van der Waals surface area contributed by atoms with Crippen LogP contribution in [0.5, 0.6) is 11.5 Å². The summed E-state index contributed by atoms with van der Waals surface area (Å²) in [5.41, 5.74) is 2.99. The molecule has 0 bridgehead atoms. The molecule has 1 unspecified atom stereocenters. The molecule has 35 heavy (non-hydrogen) atoms. The fourth-order valence-electron chi connectivity index (χ4n) is 3.11. The van der Waals surface area contributed by atoms with Crippen molar-refractivity contribution < 1.29 is 19.5 Å². The molecule has 0 saturated carbocycles. The van der Waals surface area contributed by atoms with Crippen LogP contribution in [0.2, 0.25) is 0 Å². The van der Waals surface area contributed by atoms with Gasteiger partial charge in [0.25, 0.3) is 5.69 Å². The lowest BCUT2D eigenvalue weighted by molar-refractivity contribution is -0.384. The zero-order valence-electron chi connectivity index (χ0n) is 19.6. The van der Waals surface area contributed by atoms with Gasteiger partial charge < -0.3 is 19.9 Å². The molecule has 0 saturated heterocycles. The number of hydrogen-bond donors (Lipinski definition) is 2. The minimum absolute atomic E-state index is 0.0274. The number of nitrogens with zero attached hydrogens (tertiary/aromatic N) is 5.